The van der Waals surface area contributed by atoms with Gasteiger partial charge in [0, 0.05) is 9.85 Å². The smallest absolute Gasteiger partial charge is 0.245 e. The van der Waals surface area contributed by atoms with E-state index in [0.29, 0.717) is 8.68 Å². The number of thiazole rings is 1. The molecular weight excluding hydrogens is 344 g/mol. The zero-order valence-electron chi connectivity index (χ0n) is 8.81. The Bertz CT molecular complexity index is 618. The molecule has 1 N–H and O–H groups in total. The Kier molecular flexibility index (Phi) is 3.99. The van der Waals surface area contributed by atoms with Crippen molar-refractivity contribution in [1.82, 2.24) is 9.71 Å². The Hall–Kier alpha value is -0.280. The first-order valence-electron chi connectivity index (χ1n) is 4.63. The van der Waals surface area contributed by atoms with Crippen molar-refractivity contribution < 1.29 is 8.42 Å². The molecule has 0 aliphatic carbocycles. The van der Waals surface area contributed by atoms with E-state index >= 15 is 0 Å². The molecule has 0 atom stereocenters. The second-order valence-electron chi connectivity index (χ2n) is 3.24. The van der Waals surface area contributed by atoms with Crippen LogP contribution in [0.3, 0.4) is 0 Å². The van der Waals surface area contributed by atoms with Gasteiger partial charge in [0.15, 0.2) is 0 Å². The quantitative estimate of drug-likeness (QED) is 0.920. The zero-order chi connectivity index (χ0) is 12.5. The first-order chi connectivity index (χ1) is 7.99. The van der Waals surface area contributed by atoms with Crippen molar-refractivity contribution in [3.63, 3.8) is 0 Å². The number of nitrogens with one attached hydrogen (secondary N) is 1. The highest BCUT2D eigenvalue weighted by molar-refractivity contribution is 9.10. The highest BCUT2D eigenvalue weighted by Crippen LogP contribution is 2.27. The monoisotopic (exact) mass is 352 g/mol. The fourth-order valence-corrected chi connectivity index (χ4v) is 5.19. The minimum absolute atomic E-state index is 0.219. The zero-order valence-corrected chi connectivity index (χ0v) is 12.8. The summed E-state index contributed by atoms with van der Waals surface area (Å²) in [6, 6.07) is 1.71. The topological polar surface area (TPSA) is 59.1 Å². The summed E-state index contributed by atoms with van der Waals surface area (Å²) in [4.78, 5) is 4.20. The van der Waals surface area contributed by atoms with Crippen LogP contribution < -0.4 is 4.72 Å². The molecule has 2 rings (SSSR count). The normalized spacial score (nSPS) is 11.9. The third-order valence-electron chi connectivity index (χ3n) is 1.94. The third kappa shape index (κ3) is 3.14. The molecule has 4 nitrogen and oxygen atoms in total. The van der Waals surface area contributed by atoms with Crippen LogP contribution >= 0.6 is 38.6 Å². The molecule has 0 saturated carbocycles. The van der Waals surface area contributed by atoms with Crippen LogP contribution in [0.25, 0.3) is 0 Å². The van der Waals surface area contributed by atoms with Crippen molar-refractivity contribution in [2.75, 3.05) is 0 Å². The van der Waals surface area contributed by atoms with Crippen LogP contribution in [-0.4, -0.2) is 13.4 Å². The molecule has 0 unspecified atom stereocenters. The minimum Gasteiger partial charge on any atom is -0.245 e. The summed E-state index contributed by atoms with van der Waals surface area (Å²) in [5, 5.41) is 4.50. The number of aromatic nitrogens is 1. The molecule has 92 valence electrons. The van der Waals surface area contributed by atoms with Gasteiger partial charge in [0.1, 0.15) is 4.21 Å². The molecule has 0 aliphatic rings. The van der Waals surface area contributed by atoms with Crippen LogP contribution in [0.5, 0.6) is 0 Å². The van der Waals surface area contributed by atoms with Gasteiger partial charge in [-0.15, -0.1) is 22.7 Å². The summed E-state index contributed by atoms with van der Waals surface area (Å²) in [6.07, 6.45) is 0. The standard InChI is InChI=1S/C9H9BrN2O2S3/c1-6-12-7(5-16-6)4-11-17(13,14)9-8(10)2-3-15-9/h2-3,5,11H,4H2,1H3. The molecule has 2 aromatic heterocycles. The Morgan fingerprint density at radius 2 is 2.24 bits per heavy atom. The summed E-state index contributed by atoms with van der Waals surface area (Å²) in [5.41, 5.74) is 0.740. The lowest BCUT2D eigenvalue weighted by Gasteiger charge is -2.03. The fourth-order valence-electron chi connectivity index (χ4n) is 1.20. The number of thiophene rings is 1. The number of hydrogen-bond acceptors (Lipinski definition) is 5. The van der Waals surface area contributed by atoms with Crippen molar-refractivity contribution in [3.8, 4) is 0 Å². The van der Waals surface area contributed by atoms with Crippen LogP contribution in [0.1, 0.15) is 10.7 Å². The largest absolute Gasteiger partial charge is 0.251 e. The highest BCUT2D eigenvalue weighted by atomic mass is 79.9. The predicted octanol–water partition coefficient (Wildman–Crippen LogP) is 2.75. The van der Waals surface area contributed by atoms with Crippen molar-refractivity contribution in [3.05, 3.63) is 32.0 Å². The number of hydrogen-bond donors (Lipinski definition) is 1. The van der Waals surface area contributed by atoms with E-state index in [1.807, 2.05) is 12.3 Å². The maximum Gasteiger partial charge on any atom is 0.251 e. The second kappa shape index (κ2) is 5.15. The van der Waals surface area contributed by atoms with Gasteiger partial charge in [0.2, 0.25) is 0 Å². The second-order valence-corrected chi connectivity index (χ2v) is 8.03. The SMILES string of the molecule is Cc1nc(CNS(=O)(=O)c2sccc2Br)cs1. The lowest BCUT2D eigenvalue weighted by molar-refractivity contribution is 0.582. The van der Waals surface area contributed by atoms with E-state index in [2.05, 4.69) is 25.6 Å². The first kappa shape index (κ1) is 13.2. The molecule has 0 bridgehead atoms. The van der Waals surface area contributed by atoms with Gasteiger partial charge in [-0.3, -0.25) is 0 Å². The summed E-state index contributed by atoms with van der Waals surface area (Å²) in [7, 11) is -3.45. The van der Waals surface area contributed by atoms with E-state index in [4.69, 9.17) is 0 Å². The third-order valence-corrected chi connectivity index (χ3v) is 6.83. The van der Waals surface area contributed by atoms with Crippen LogP contribution in [0.15, 0.2) is 25.5 Å². The van der Waals surface area contributed by atoms with Gasteiger partial charge in [0.25, 0.3) is 10.0 Å². The molecule has 0 radical (unpaired) electrons. The number of nitrogens with zero attached hydrogens (tertiary/aromatic N) is 1. The van der Waals surface area contributed by atoms with Gasteiger partial charge in [0.05, 0.1) is 17.2 Å². The number of rotatable bonds is 4. The fraction of sp³-hybridized carbons (Fsp3) is 0.222. The lowest BCUT2D eigenvalue weighted by Crippen LogP contribution is -2.22. The molecule has 0 aliphatic heterocycles. The van der Waals surface area contributed by atoms with Gasteiger partial charge in [-0.05, 0) is 34.3 Å². The molecule has 0 spiro atoms. The van der Waals surface area contributed by atoms with Crippen molar-refractivity contribution in [2.24, 2.45) is 0 Å². The van der Waals surface area contributed by atoms with Crippen LogP contribution in [0.2, 0.25) is 0 Å². The van der Waals surface area contributed by atoms with E-state index in [0.717, 1.165) is 10.7 Å². The molecule has 0 aromatic carbocycles. The van der Waals surface area contributed by atoms with Gasteiger partial charge >= 0.3 is 0 Å². The molecule has 0 amide bonds. The predicted molar refractivity (Wildman–Crippen MR) is 72.9 cm³/mol. The molecule has 2 heterocycles. The molecule has 0 fully saturated rings. The molecule has 17 heavy (non-hydrogen) atoms. The average Bonchev–Trinajstić information content (AvgIpc) is 2.85. The molecule has 0 saturated heterocycles. The van der Waals surface area contributed by atoms with Crippen molar-refractivity contribution >= 4 is 48.6 Å². The van der Waals surface area contributed by atoms with E-state index in [1.165, 1.54) is 22.7 Å². The highest BCUT2D eigenvalue weighted by Gasteiger charge is 2.18. The van der Waals surface area contributed by atoms with Gasteiger partial charge < -0.3 is 0 Å². The number of halogens is 1. The molecule has 2 aromatic rings. The van der Waals surface area contributed by atoms with Crippen molar-refractivity contribution in [2.45, 2.75) is 17.7 Å². The summed E-state index contributed by atoms with van der Waals surface area (Å²) in [6.45, 7) is 2.11. The van der Waals surface area contributed by atoms with Gasteiger partial charge in [-0.1, -0.05) is 0 Å². The summed E-state index contributed by atoms with van der Waals surface area (Å²) < 4.78 is 27.3. The molecular formula is C9H9BrN2O2S3. The average molecular weight is 353 g/mol. The lowest BCUT2D eigenvalue weighted by atomic mass is 10.5. The molecule has 8 heteroatoms. The van der Waals surface area contributed by atoms with E-state index in [9.17, 15) is 8.42 Å². The van der Waals surface area contributed by atoms with Gasteiger partial charge in [-0.25, -0.2) is 18.1 Å². The summed E-state index contributed by atoms with van der Waals surface area (Å²) in [5.74, 6) is 0. The number of aryl methyl sites for hydroxylation is 1. The number of sulfonamides is 1. The van der Waals surface area contributed by atoms with Crippen LogP contribution in [0.4, 0.5) is 0 Å². The minimum atomic E-state index is -3.45. The van der Waals surface area contributed by atoms with Crippen LogP contribution in [-0.2, 0) is 16.6 Å². The maximum absolute atomic E-state index is 11.9. The Balaban J connectivity index is 2.11. The Morgan fingerprint density at radius 1 is 1.47 bits per heavy atom. The first-order valence-corrected chi connectivity index (χ1v) is 8.66. The maximum atomic E-state index is 11.9. The van der Waals surface area contributed by atoms with E-state index < -0.39 is 10.0 Å². The summed E-state index contributed by atoms with van der Waals surface area (Å²) >= 11 is 5.89. The van der Waals surface area contributed by atoms with E-state index in [-0.39, 0.29) is 6.54 Å². The van der Waals surface area contributed by atoms with Crippen molar-refractivity contribution in [1.29, 1.82) is 0 Å². The Morgan fingerprint density at radius 3 is 2.76 bits per heavy atom. The van der Waals surface area contributed by atoms with Crippen LogP contribution in [0, 0.1) is 6.92 Å². The van der Waals surface area contributed by atoms with Gasteiger partial charge in [-0.2, -0.15) is 0 Å². The Labute approximate surface area is 116 Å². The van der Waals surface area contributed by atoms with E-state index in [1.54, 1.807) is 11.4 Å².